The molecule has 0 unspecified atom stereocenters. The van der Waals surface area contributed by atoms with E-state index in [-0.39, 0.29) is 5.82 Å². The van der Waals surface area contributed by atoms with Crippen molar-refractivity contribution in [2.24, 2.45) is 0 Å². The summed E-state index contributed by atoms with van der Waals surface area (Å²) in [7, 11) is 1.64. The zero-order valence-corrected chi connectivity index (χ0v) is 14.4. The molecular formula is C18H13FN2OS2. The number of thiazole rings is 1. The number of fused-ring (bicyclic) bond motifs is 1. The van der Waals surface area contributed by atoms with Gasteiger partial charge in [-0.1, -0.05) is 35.6 Å². The molecule has 2 aromatic carbocycles. The van der Waals surface area contributed by atoms with Crippen LogP contribution in [0.2, 0.25) is 0 Å². The van der Waals surface area contributed by atoms with Crippen LogP contribution in [0.1, 0.15) is 0 Å². The van der Waals surface area contributed by atoms with Crippen LogP contribution >= 0.6 is 22.7 Å². The molecule has 0 aliphatic heterocycles. The van der Waals surface area contributed by atoms with E-state index >= 15 is 0 Å². The van der Waals surface area contributed by atoms with Crippen molar-refractivity contribution in [2.45, 2.75) is 0 Å². The number of methoxy groups -OCH3 is 1. The molecule has 0 aliphatic carbocycles. The Hall–Kier alpha value is -2.44. The second-order valence-corrected chi connectivity index (χ2v) is 7.21. The molecule has 0 bridgehead atoms. The van der Waals surface area contributed by atoms with Crippen molar-refractivity contribution in [2.75, 3.05) is 12.4 Å². The van der Waals surface area contributed by atoms with Crippen molar-refractivity contribution in [3.05, 3.63) is 60.4 Å². The van der Waals surface area contributed by atoms with Crippen LogP contribution in [0.4, 0.5) is 14.5 Å². The predicted octanol–water partition coefficient (Wildman–Crippen LogP) is 5.92. The Labute approximate surface area is 146 Å². The predicted molar refractivity (Wildman–Crippen MR) is 99.2 cm³/mol. The highest BCUT2D eigenvalue weighted by atomic mass is 32.1. The van der Waals surface area contributed by atoms with E-state index in [9.17, 15) is 4.39 Å². The second-order valence-electron chi connectivity index (χ2n) is 5.09. The van der Waals surface area contributed by atoms with E-state index in [1.807, 2.05) is 36.4 Å². The van der Waals surface area contributed by atoms with Gasteiger partial charge in [-0.3, -0.25) is 0 Å². The fourth-order valence-corrected chi connectivity index (χ4v) is 4.35. The Balaban J connectivity index is 1.64. The molecule has 0 aliphatic rings. The van der Waals surface area contributed by atoms with E-state index in [1.54, 1.807) is 30.6 Å². The van der Waals surface area contributed by atoms with E-state index in [1.165, 1.54) is 17.4 Å². The van der Waals surface area contributed by atoms with Crippen LogP contribution in [0.5, 0.6) is 5.75 Å². The number of benzene rings is 2. The highest BCUT2D eigenvalue weighted by Crippen LogP contribution is 2.37. The largest absolute Gasteiger partial charge is 0.494 e. The molecule has 0 saturated carbocycles. The van der Waals surface area contributed by atoms with Crippen molar-refractivity contribution < 1.29 is 9.13 Å². The summed E-state index contributed by atoms with van der Waals surface area (Å²) in [6, 6.07) is 16.5. The third-order valence-corrected chi connectivity index (χ3v) is 5.55. The molecule has 6 heteroatoms. The maximum Gasteiger partial charge on any atom is 0.189 e. The number of nitrogens with one attached hydrogen (secondary N) is 1. The maximum absolute atomic E-state index is 13.9. The minimum Gasteiger partial charge on any atom is -0.494 e. The van der Waals surface area contributed by atoms with Gasteiger partial charge in [-0.2, -0.15) is 0 Å². The molecule has 4 aromatic rings. The van der Waals surface area contributed by atoms with Gasteiger partial charge in [0.2, 0.25) is 0 Å². The van der Waals surface area contributed by atoms with Gasteiger partial charge in [0.15, 0.2) is 5.13 Å². The van der Waals surface area contributed by atoms with Gasteiger partial charge in [0.1, 0.15) is 17.1 Å². The summed E-state index contributed by atoms with van der Waals surface area (Å²) in [5, 5.41) is 5.01. The van der Waals surface area contributed by atoms with Crippen LogP contribution in [0.25, 0.3) is 20.7 Å². The summed E-state index contributed by atoms with van der Waals surface area (Å²) >= 11 is 3.06. The highest BCUT2D eigenvalue weighted by Gasteiger charge is 2.11. The van der Waals surface area contributed by atoms with Gasteiger partial charge in [-0.25, -0.2) is 9.37 Å². The first kappa shape index (κ1) is 15.1. The lowest BCUT2D eigenvalue weighted by Crippen LogP contribution is -1.86. The molecule has 120 valence electrons. The number of anilines is 2. The van der Waals surface area contributed by atoms with Crippen LogP contribution < -0.4 is 10.1 Å². The monoisotopic (exact) mass is 356 g/mol. The molecule has 0 atom stereocenters. The van der Waals surface area contributed by atoms with Gasteiger partial charge in [0.25, 0.3) is 0 Å². The Morgan fingerprint density at radius 2 is 1.88 bits per heavy atom. The van der Waals surface area contributed by atoms with Gasteiger partial charge >= 0.3 is 0 Å². The van der Waals surface area contributed by atoms with Gasteiger partial charge in [0.05, 0.1) is 16.8 Å². The lowest BCUT2D eigenvalue weighted by molar-refractivity contribution is 0.419. The molecule has 0 fully saturated rings. The average molecular weight is 356 g/mol. The molecule has 2 aromatic heterocycles. The number of aromatic nitrogens is 1. The fraction of sp³-hybridized carbons (Fsp3) is 0.0556. The summed E-state index contributed by atoms with van der Waals surface area (Å²) in [6.07, 6.45) is 0. The molecule has 3 nitrogen and oxygen atoms in total. The smallest absolute Gasteiger partial charge is 0.189 e. The van der Waals surface area contributed by atoms with E-state index < -0.39 is 0 Å². The van der Waals surface area contributed by atoms with Gasteiger partial charge in [-0.05, 0) is 30.3 Å². The zero-order chi connectivity index (χ0) is 16.5. The number of hydrogen-bond acceptors (Lipinski definition) is 5. The standard InChI is InChI=1S/C18H13FN2OS2/c1-22-13-7-4-8-15-17(13)21-18(24-15)20-16-10-9-14(23-16)11-5-2-3-6-12(11)19/h2-10H,1H3,(H,20,21). The summed E-state index contributed by atoms with van der Waals surface area (Å²) in [6.45, 7) is 0. The Bertz CT molecular complexity index is 1010. The number of para-hydroxylation sites is 1. The van der Waals surface area contributed by atoms with Crippen LogP contribution in [0.15, 0.2) is 54.6 Å². The number of ether oxygens (including phenoxy) is 1. The minimum absolute atomic E-state index is 0.212. The molecule has 0 amide bonds. The molecule has 24 heavy (non-hydrogen) atoms. The van der Waals surface area contributed by atoms with Crippen LogP contribution in [0, 0.1) is 5.82 Å². The number of halogens is 1. The SMILES string of the molecule is COc1cccc2sc(Nc3ccc(-c4ccccc4F)s3)nc12. The highest BCUT2D eigenvalue weighted by molar-refractivity contribution is 7.23. The normalized spacial score (nSPS) is 10.9. The Kier molecular flexibility index (Phi) is 3.92. The second kappa shape index (κ2) is 6.22. The first-order valence-corrected chi connectivity index (χ1v) is 8.93. The van der Waals surface area contributed by atoms with Crippen molar-refractivity contribution in [3.8, 4) is 16.2 Å². The van der Waals surface area contributed by atoms with Crippen molar-refractivity contribution in [1.29, 1.82) is 0 Å². The molecule has 4 rings (SSSR count). The van der Waals surface area contributed by atoms with E-state index in [4.69, 9.17) is 4.74 Å². The van der Waals surface area contributed by atoms with Crippen LogP contribution in [-0.2, 0) is 0 Å². The summed E-state index contributed by atoms with van der Waals surface area (Å²) in [5.74, 6) is 0.547. The number of rotatable bonds is 4. The Morgan fingerprint density at radius 1 is 1.00 bits per heavy atom. The quantitative estimate of drug-likeness (QED) is 0.493. The van der Waals surface area contributed by atoms with Crippen molar-refractivity contribution in [1.82, 2.24) is 4.98 Å². The van der Waals surface area contributed by atoms with E-state index in [2.05, 4.69) is 10.3 Å². The van der Waals surface area contributed by atoms with Crippen LogP contribution in [0.3, 0.4) is 0 Å². The number of thiophene rings is 1. The summed E-state index contributed by atoms with van der Waals surface area (Å²) in [5.41, 5.74) is 1.46. The molecule has 0 spiro atoms. The lowest BCUT2D eigenvalue weighted by atomic mass is 10.2. The minimum atomic E-state index is -0.212. The first-order valence-electron chi connectivity index (χ1n) is 7.30. The average Bonchev–Trinajstić information content (AvgIpc) is 3.21. The van der Waals surface area contributed by atoms with Crippen molar-refractivity contribution >= 4 is 43.0 Å². The van der Waals surface area contributed by atoms with Crippen molar-refractivity contribution in [3.63, 3.8) is 0 Å². The number of nitrogens with zero attached hydrogens (tertiary/aromatic N) is 1. The third kappa shape index (κ3) is 2.74. The van der Waals surface area contributed by atoms with E-state index in [0.717, 1.165) is 31.0 Å². The first-order chi connectivity index (χ1) is 11.7. The molecular weight excluding hydrogens is 343 g/mol. The maximum atomic E-state index is 13.9. The van der Waals surface area contributed by atoms with Gasteiger partial charge < -0.3 is 10.1 Å². The fourth-order valence-electron chi connectivity index (χ4n) is 2.46. The van der Waals surface area contributed by atoms with E-state index in [0.29, 0.717) is 5.56 Å². The summed E-state index contributed by atoms with van der Waals surface area (Å²) < 4.78 is 20.3. The lowest BCUT2D eigenvalue weighted by Gasteiger charge is -1.99. The number of hydrogen-bond donors (Lipinski definition) is 1. The van der Waals surface area contributed by atoms with Gasteiger partial charge in [-0.15, -0.1) is 11.3 Å². The van der Waals surface area contributed by atoms with Gasteiger partial charge in [0, 0.05) is 10.4 Å². The Morgan fingerprint density at radius 3 is 2.71 bits per heavy atom. The topological polar surface area (TPSA) is 34.1 Å². The molecule has 0 saturated heterocycles. The molecule has 1 N–H and O–H groups in total. The zero-order valence-electron chi connectivity index (χ0n) is 12.7. The molecule has 2 heterocycles. The third-order valence-electron chi connectivity index (χ3n) is 3.58. The summed E-state index contributed by atoms with van der Waals surface area (Å²) in [4.78, 5) is 5.48. The van der Waals surface area contributed by atoms with Crippen LogP contribution in [-0.4, -0.2) is 12.1 Å². The molecule has 0 radical (unpaired) electrons.